The van der Waals surface area contributed by atoms with E-state index in [9.17, 15) is 10.1 Å². The van der Waals surface area contributed by atoms with Crippen molar-refractivity contribution in [3.8, 4) is 6.07 Å². The molecule has 0 bridgehead atoms. The van der Waals surface area contributed by atoms with Gasteiger partial charge in [-0.15, -0.1) is 0 Å². The highest BCUT2D eigenvalue weighted by Gasteiger charge is 2.13. The van der Waals surface area contributed by atoms with Crippen molar-refractivity contribution in [3.63, 3.8) is 0 Å². The number of aromatic nitrogens is 3. The number of halogens is 1. The van der Waals surface area contributed by atoms with Gasteiger partial charge in [-0.25, -0.2) is 9.78 Å². The van der Waals surface area contributed by atoms with Crippen molar-refractivity contribution in [2.45, 2.75) is 19.4 Å². The number of benzene rings is 1. The molecular weight excluding hydrogens is 380 g/mol. The fraction of sp³-hybridized carbons (Fsp3) is 0.263. The summed E-state index contributed by atoms with van der Waals surface area (Å²) in [5, 5.41) is 25.6. The van der Waals surface area contributed by atoms with E-state index < -0.39 is 0 Å². The summed E-state index contributed by atoms with van der Waals surface area (Å²) in [6, 6.07) is 9.09. The first kappa shape index (κ1) is 19.6. The average molecular weight is 399 g/mol. The molecule has 9 heteroatoms. The van der Waals surface area contributed by atoms with Crippen molar-refractivity contribution >= 4 is 39.7 Å². The Morgan fingerprint density at radius 2 is 2.18 bits per heavy atom. The second-order valence-electron chi connectivity index (χ2n) is 6.35. The third-order valence-electron chi connectivity index (χ3n) is 4.35. The molecule has 0 saturated carbocycles. The second kappa shape index (κ2) is 8.25. The van der Waals surface area contributed by atoms with Crippen molar-refractivity contribution < 1.29 is 5.11 Å². The van der Waals surface area contributed by atoms with E-state index in [1.54, 1.807) is 25.2 Å². The molecule has 0 amide bonds. The Kier molecular flexibility index (Phi) is 5.78. The molecule has 2 heterocycles. The van der Waals surface area contributed by atoms with Crippen LogP contribution >= 0.6 is 11.6 Å². The third kappa shape index (κ3) is 3.91. The van der Waals surface area contributed by atoms with E-state index in [4.69, 9.17) is 16.7 Å². The second-order valence-corrected chi connectivity index (χ2v) is 6.71. The van der Waals surface area contributed by atoms with Crippen molar-refractivity contribution in [3.05, 3.63) is 51.7 Å². The SMILES string of the molecule is CC(CCO)Nc1nc(=O)n(C)c2ccc(Nc3ccnc(Cl)c3C#N)cc12. The fourth-order valence-corrected chi connectivity index (χ4v) is 3.04. The molecule has 3 N–H and O–H groups in total. The van der Waals surface area contributed by atoms with Crippen LogP contribution in [0.3, 0.4) is 0 Å². The molecule has 8 nitrogen and oxygen atoms in total. The molecule has 0 aliphatic rings. The highest BCUT2D eigenvalue weighted by molar-refractivity contribution is 6.31. The van der Waals surface area contributed by atoms with Gasteiger partial charge in [0, 0.05) is 37.0 Å². The van der Waals surface area contributed by atoms with Crippen LogP contribution in [0.25, 0.3) is 10.9 Å². The standard InChI is InChI=1S/C19H19ClN6O2/c1-11(6-8-27)23-18-13-9-12(3-4-16(13)26(2)19(28)25-18)24-15-5-7-22-17(20)14(15)10-21/h3-5,7,9,11,27H,6,8H2,1-2H3,(H,22,24)(H,23,25,28). The maximum Gasteiger partial charge on any atom is 0.349 e. The highest BCUT2D eigenvalue weighted by Crippen LogP contribution is 2.28. The van der Waals surface area contributed by atoms with Crippen LogP contribution in [0.2, 0.25) is 5.15 Å². The minimum Gasteiger partial charge on any atom is -0.396 e. The number of nitrogens with one attached hydrogen (secondary N) is 2. The van der Waals surface area contributed by atoms with Gasteiger partial charge in [0.1, 0.15) is 22.6 Å². The molecule has 0 spiro atoms. The number of nitriles is 1. The summed E-state index contributed by atoms with van der Waals surface area (Å²) < 4.78 is 1.46. The lowest BCUT2D eigenvalue weighted by Crippen LogP contribution is -2.25. The largest absolute Gasteiger partial charge is 0.396 e. The number of aliphatic hydroxyl groups excluding tert-OH is 1. The summed E-state index contributed by atoms with van der Waals surface area (Å²) in [6.07, 6.45) is 2.04. The number of hydrogen-bond acceptors (Lipinski definition) is 7. The lowest BCUT2D eigenvalue weighted by molar-refractivity contribution is 0.282. The van der Waals surface area contributed by atoms with Crippen LogP contribution in [0, 0.1) is 11.3 Å². The summed E-state index contributed by atoms with van der Waals surface area (Å²) in [5.74, 6) is 0.441. The van der Waals surface area contributed by atoms with Gasteiger partial charge >= 0.3 is 5.69 Å². The van der Waals surface area contributed by atoms with Gasteiger partial charge in [-0.1, -0.05) is 11.6 Å². The number of nitrogens with zero attached hydrogens (tertiary/aromatic N) is 4. The van der Waals surface area contributed by atoms with Gasteiger partial charge in [-0.3, -0.25) is 4.57 Å². The summed E-state index contributed by atoms with van der Waals surface area (Å²) >= 11 is 5.99. The number of pyridine rings is 1. The zero-order valence-corrected chi connectivity index (χ0v) is 16.2. The molecule has 0 aliphatic carbocycles. The first-order valence-corrected chi connectivity index (χ1v) is 9.02. The molecule has 1 aromatic carbocycles. The maximum absolute atomic E-state index is 12.2. The van der Waals surface area contributed by atoms with Gasteiger partial charge < -0.3 is 15.7 Å². The van der Waals surface area contributed by atoms with Gasteiger partial charge in [0.15, 0.2) is 0 Å². The number of anilines is 3. The number of hydrogen-bond donors (Lipinski definition) is 3. The molecule has 0 radical (unpaired) electrons. The van der Waals surface area contributed by atoms with E-state index in [0.29, 0.717) is 29.1 Å². The van der Waals surface area contributed by atoms with Gasteiger partial charge in [-0.2, -0.15) is 10.2 Å². The molecule has 2 aromatic heterocycles. The first-order chi connectivity index (χ1) is 13.4. The van der Waals surface area contributed by atoms with Crippen LogP contribution in [0.4, 0.5) is 17.2 Å². The van der Waals surface area contributed by atoms with Crippen LogP contribution in [0.1, 0.15) is 18.9 Å². The van der Waals surface area contributed by atoms with Crippen molar-refractivity contribution in [2.75, 3.05) is 17.2 Å². The predicted octanol–water partition coefficient (Wildman–Crippen LogP) is 2.78. The number of rotatable bonds is 6. The van der Waals surface area contributed by atoms with E-state index in [0.717, 1.165) is 5.39 Å². The smallest absolute Gasteiger partial charge is 0.349 e. The van der Waals surface area contributed by atoms with Crippen LogP contribution in [0.5, 0.6) is 0 Å². The fourth-order valence-electron chi connectivity index (χ4n) is 2.84. The zero-order valence-electron chi connectivity index (χ0n) is 15.4. The van der Waals surface area contributed by atoms with Gasteiger partial charge in [-0.05, 0) is 37.6 Å². The van der Waals surface area contributed by atoms with E-state index in [-0.39, 0.29) is 29.1 Å². The number of fused-ring (bicyclic) bond motifs is 1. The van der Waals surface area contributed by atoms with Gasteiger partial charge in [0.05, 0.1) is 11.2 Å². The van der Waals surface area contributed by atoms with E-state index in [2.05, 4.69) is 20.6 Å². The molecule has 1 unspecified atom stereocenters. The van der Waals surface area contributed by atoms with Crippen LogP contribution < -0.4 is 16.3 Å². The van der Waals surface area contributed by atoms with Gasteiger partial charge in [0.25, 0.3) is 0 Å². The van der Waals surface area contributed by atoms with Crippen molar-refractivity contribution in [1.29, 1.82) is 5.26 Å². The Morgan fingerprint density at radius 3 is 2.89 bits per heavy atom. The average Bonchev–Trinajstić information content (AvgIpc) is 2.66. The highest BCUT2D eigenvalue weighted by atomic mass is 35.5. The molecule has 0 saturated heterocycles. The van der Waals surface area contributed by atoms with Gasteiger partial charge in [0.2, 0.25) is 0 Å². The normalized spacial score (nSPS) is 11.8. The van der Waals surface area contributed by atoms with E-state index >= 15 is 0 Å². The predicted molar refractivity (Wildman–Crippen MR) is 109 cm³/mol. The topological polar surface area (TPSA) is 116 Å². The zero-order chi connectivity index (χ0) is 20.3. The maximum atomic E-state index is 12.2. The molecule has 3 rings (SSSR count). The molecule has 0 aliphatic heterocycles. The van der Waals surface area contributed by atoms with Crippen LogP contribution in [0.15, 0.2) is 35.3 Å². The van der Waals surface area contributed by atoms with Crippen molar-refractivity contribution in [1.82, 2.24) is 14.5 Å². The summed E-state index contributed by atoms with van der Waals surface area (Å²) in [4.78, 5) is 20.2. The lowest BCUT2D eigenvalue weighted by Gasteiger charge is -2.17. The number of aliphatic hydroxyl groups is 1. The Balaban J connectivity index is 2.07. The Morgan fingerprint density at radius 1 is 1.39 bits per heavy atom. The van der Waals surface area contributed by atoms with Crippen LogP contribution in [-0.2, 0) is 7.05 Å². The molecular formula is C19H19ClN6O2. The molecule has 1 atom stereocenters. The number of aryl methyl sites for hydroxylation is 1. The Bertz CT molecular complexity index is 1120. The van der Waals surface area contributed by atoms with Crippen LogP contribution in [-0.4, -0.2) is 32.3 Å². The summed E-state index contributed by atoms with van der Waals surface area (Å²) in [6.45, 7) is 1.94. The molecule has 0 fully saturated rings. The molecule has 144 valence electrons. The lowest BCUT2D eigenvalue weighted by atomic mass is 10.1. The van der Waals surface area contributed by atoms with E-state index in [1.165, 1.54) is 10.8 Å². The Labute approximate surface area is 166 Å². The van der Waals surface area contributed by atoms with E-state index in [1.807, 2.05) is 19.1 Å². The minimum atomic E-state index is -0.375. The Hall–Kier alpha value is -3.15. The quantitative estimate of drug-likeness (QED) is 0.546. The minimum absolute atomic E-state index is 0.0312. The third-order valence-corrected chi connectivity index (χ3v) is 4.63. The summed E-state index contributed by atoms with van der Waals surface area (Å²) in [7, 11) is 1.65. The first-order valence-electron chi connectivity index (χ1n) is 8.64. The monoisotopic (exact) mass is 398 g/mol. The summed E-state index contributed by atoms with van der Waals surface area (Å²) in [5.41, 5.74) is 1.81. The van der Waals surface area contributed by atoms with Crippen molar-refractivity contribution in [2.24, 2.45) is 7.05 Å². The molecule has 28 heavy (non-hydrogen) atoms. The molecule has 3 aromatic rings.